The van der Waals surface area contributed by atoms with Crippen molar-refractivity contribution in [3.63, 3.8) is 0 Å². The van der Waals surface area contributed by atoms with Crippen molar-refractivity contribution >= 4 is 9.84 Å². The molecule has 0 aromatic rings. The van der Waals surface area contributed by atoms with Crippen LogP contribution in [0.4, 0.5) is 0 Å². The Balaban J connectivity index is 1.88. The zero-order valence-electron chi connectivity index (χ0n) is 12.0. The average molecular weight is 290 g/mol. The van der Waals surface area contributed by atoms with Gasteiger partial charge in [-0.1, -0.05) is 6.92 Å². The summed E-state index contributed by atoms with van der Waals surface area (Å²) in [6.45, 7) is 5.62. The monoisotopic (exact) mass is 290 g/mol. The molecule has 0 spiro atoms. The predicted octanol–water partition coefficient (Wildman–Crippen LogP) is 0.120. The Kier molecular flexibility index (Phi) is 5.22. The predicted molar refractivity (Wildman–Crippen MR) is 76.1 cm³/mol. The molecule has 0 radical (unpaired) electrons. The van der Waals surface area contributed by atoms with Crippen molar-refractivity contribution in [2.75, 3.05) is 44.9 Å². The molecule has 0 aliphatic carbocycles. The Morgan fingerprint density at radius 2 is 2.16 bits per heavy atom. The number of rotatable bonds is 5. The molecule has 0 saturated carbocycles. The molecule has 19 heavy (non-hydrogen) atoms. The van der Waals surface area contributed by atoms with Gasteiger partial charge in [0.2, 0.25) is 0 Å². The fourth-order valence-electron chi connectivity index (χ4n) is 3.15. The van der Waals surface area contributed by atoms with Gasteiger partial charge in [0, 0.05) is 31.2 Å². The summed E-state index contributed by atoms with van der Waals surface area (Å²) in [6.07, 6.45) is 1.83. The Morgan fingerprint density at radius 3 is 2.79 bits per heavy atom. The zero-order valence-corrected chi connectivity index (χ0v) is 12.8. The quantitative estimate of drug-likeness (QED) is 0.779. The summed E-state index contributed by atoms with van der Waals surface area (Å²) in [6, 6.07) is 0.688. The van der Waals surface area contributed by atoms with Crippen LogP contribution in [0.5, 0.6) is 0 Å². The molecular weight excluding hydrogens is 264 g/mol. The van der Waals surface area contributed by atoms with Gasteiger partial charge < -0.3 is 15.0 Å². The van der Waals surface area contributed by atoms with Gasteiger partial charge in [0.1, 0.15) is 0 Å². The minimum atomic E-state index is -2.79. The fraction of sp³-hybridized carbons (Fsp3) is 1.00. The molecular formula is C13H26N2O3S. The molecule has 2 fully saturated rings. The van der Waals surface area contributed by atoms with E-state index in [1.165, 1.54) is 0 Å². The van der Waals surface area contributed by atoms with Crippen LogP contribution < -0.4 is 5.32 Å². The van der Waals surface area contributed by atoms with Crippen molar-refractivity contribution in [3.8, 4) is 0 Å². The van der Waals surface area contributed by atoms with Gasteiger partial charge in [0.05, 0.1) is 18.1 Å². The van der Waals surface area contributed by atoms with Gasteiger partial charge in [-0.05, 0) is 26.4 Å². The summed E-state index contributed by atoms with van der Waals surface area (Å²) in [7, 11) is -0.749. The van der Waals surface area contributed by atoms with Gasteiger partial charge in [0.25, 0.3) is 0 Å². The standard InChI is InChI=1S/C13H26N2O3S/c1-3-14-13-4-6-18-9-11(13)8-15(2)12-5-7-19(16,17)10-12/h11-14H,3-10H2,1-2H3. The summed E-state index contributed by atoms with van der Waals surface area (Å²) >= 11 is 0. The molecule has 112 valence electrons. The van der Waals surface area contributed by atoms with Crippen LogP contribution in [0.2, 0.25) is 0 Å². The van der Waals surface area contributed by atoms with Gasteiger partial charge >= 0.3 is 0 Å². The SMILES string of the molecule is CCNC1CCOCC1CN(C)C1CCS(=O)(=O)C1. The third kappa shape index (κ3) is 4.15. The van der Waals surface area contributed by atoms with E-state index < -0.39 is 9.84 Å². The van der Waals surface area contributed by atoms with Crippen LogP contribution in [0.1, 0.15) is 19.8 Å². The van der Waals surface area contributed by atoms with Crippen LogP contribution in [0.3, 0.4) is 0 Å². The van der Waals surface area contributed by atoms with Crippen LogP contribution in [0.25, 0.3) is 0 Å². The van der Waals surface area contributed by atoms with Crippen LogP contribution in [-0.2, 0) is 14.6 Å². The number of nitrogens with one attached hydrogen (secondary N) is 1. The smallest absolute Gasteiger partial charge is 0.151 e. The van der Waals surface area contributed by atoms with Crippen molar-refractivity contribution in [2.45, 2.75) is 31.8 Å². The van der Waals surface area contributed by atoms with E-state index in [1.807, 2.05) is 7.05 Å². The van der Waals surface area contributed by atoms with Crippen LogP contribution >= 0.6 is 0 Å². The number of hydrogen-bond acceptors (Lipinski definition) is 5. The topological polar surface area (TPSA) is 58.6 Å². The first kappa shape index (κ1) is 15.2. The summed E-state index contributed by atoms with van der Waals surface area (Å²) in [4.78, 5) is 2.22. The Labute approximate surface area is 116 Å². The summed E-state index contributed by atoms with van der Waals surface area (Å²) in [5.41, 5.74) is 0. The van der Waals surface area contributed by atoms with E-state index in [4.69, 9.17) is 4.74 Å². The highest BCUT2D eigenvalue weighted by Gasteiger charge is 2.33. The Hall–Kier alpha value is -0.170. The van der Waals surface area contributed by atoms with Crippen LogP contribution in [0.15, 0.2) is 0 Å². The largest absolute Gasteiger partial charge is 0.381 e. The maximum Gasteiger partial charge on any atom is 0.151 e. The molecule has 3 atom stereocenters. The molecule has 6 heteroatoms. The summed E-state index contributed by atoms with van der Waals surface area (Å²) < 4.78 is 28.7. The van der Waals surface area contributed by atoms with Gasteiger partial charge in [-0.2, -0.15) is 0 Å². The van der Waals surface area contributed by atoms with E-state index in [0.29, 0.717) is 23.5 Å². The van der Waals surface area contributed by atoms with Gasteiger partial charge in [-0.25, -0.2) is 8.42 Å². The van der Waals surface area contributed by atoms with Gasteiger partial charge in [0.15, 0.2) is 9.84 Å². The highest BCUT2D eigenvalue weighted by molar-refractivity contribution is 7.91. The third-order valence-electron chi connectivity index (χ3n) is 4.29. The van der Waals surface area contributed by atoms with E-state index in [1.54, 1.807) is 0 Å². The molecule has 2 aliphatic rings. The fourth-order valence-corrected chi connectivity index (χ4v) is 4.95. The molecule has 2 aliphatic heterocycles. The molecule has 0 bridgehead atoms. The number of hydrogen-bond donors (Lipinski definition) is 1. The van der Waals surface area contributed by atoms with Crippen LogP contribution in [-0.4, -0.2) is 70.3 Å². The highest BCUT2D eigenvalue weighted by Crippen LogP contribution is 2.21. The summed E-state index contributed by atoms with van der Waals surface area (Å²) in [5.74, 6) is 1.13. The van der Waals surface area contributed by atoms with Crippen molar-refractivity contribution in [1.82, 2.24) is 10.2 Å². The first-order valence-electron chi connectivity index (χ1n) is 7.23. The Bertz CT molecular complexity index is 383. The number of nitrogens with zero attached hydrogens (tertiary/aromatic N) is 1. The van der Waals surface area contributed by atoms with Crippen molar-refractivity contribution in [3.05, 3.63) is 0 Å². The molecule has 2 heterocycles. The van der Waals surface area contributed by atoms with Crippen molar-refractivity contribution < 1.29 is 13.2 Å². The third-order valence-corrected chi connectivity index (χ3v) is 6.05. The molecule has 1 N–H and O–H groups in total. The van der Waals surface area contributed by atoms with E-state index in [-0.39, 0.29) is 6.04 Å². The molecule has 3 unspecified atom stereocenters. The number of sulfone groups is 1. The maximum atomic E-state index is 11.5. The minimum Gasteiger partial charge on any atom is -0.381 e. The second-order valence-corrected chi connectivity index (χ2v) is 8.01. The highest BCUT2D eigenvalue weighted by atomic mass is 32.2. The van der Waals surface area contributed by atoms with Crippen molar-refractivity contribution in [1.29, 1.82) is 0 Å². The molecule has 0 amide bonds. The lowest BCUT2D eigenvalue weighted by Crippen LogP contribution is -2.49. The minimum absolute atomic E-state index is 0.189. The van der Waals surface area contributed by atoms with E-state index in [9.17, 15) is 8.42 Å². The lowest BCUT2D eigenvalue weighted by Gasteiger charge is -2.36. The molecule has 2 rings (SSSR count). The summed E-state index contributed by atoms with van der Waals surface area (Å²) in [5, 5.41) is 3.52. The normalized spacial score (nSPS) is 34.8. The first-order valence-corrected chi connectivity index (χ1v) is 9.05. The van der Waals surface area contributed by atoms with Crippen LogP contribution in [0, 0.1) is 5.92 Å². The van der Waals surface area contributed by atoms with E-state index in [2.05, 4.69) is 17.1 Å². The molecule has 2 saturated heterocycles. The average Bonchev–Trinajstić information content (AvgIpc) is 2.73. The second-order valence-electron chi connectivity index (χ2n) is 5.78. The molecule has 0 aromatic heterocycles. The van der Waals surface area contributed by atoms with Gasteiger partial charge in [-0.3, -0.25) is 0 Å². The van der Waals surface area contributed by atoms with E-state index in [0.717, 1.165) is 39.1 Å². The lowest BCUT2D eigenvalue weighted by molar-refractivity contribution is 0.0163. The zero-order chi connectivity index (χ0) is 13.9. The first-order chi connectivity index (χ1) is 9.02. The van der Waals surface area contributed by atoms with Crippen molar-refractivity contribution in [2.24, 2.45) is 5.92 Å². The van der Waals surface area contributed by atoms with Gasteiger partial charge in [-0.15, -0.1) is 0 Å². The maximum absolute atomic E-state index is 11.5. The Morgan fingerprint density at radius 1 is 1.37 bits per heavy atom. The lowest BCUT2D eigenvalue weighted by atomic mass is 9.94. The molecule has 0 aromatic carbocycles. The second kappa shape index (κ2) is 6.52. The van der Waals surface area contributed by atoms with E-state index >= 15 is 0 Å². The number of ether oxygens (including phenoxy) is 1. The molecule has 5 nitrogen and oxygen atoms in total.